The van der Waals surface area contributed by atoms with Gasteiger partial charge in [-0.1, -0.05) is 24.3 Å². The Morgan fingerprint density at radius 2 is 1.96 bits per heavy atom. The number of fused-ring (bicyclic) bond motifs is 2. The Hall–Kier alpha value is -2.82. The van der Waals surface area contributed by atoms with Crippen molar-refractivity contribution in [1.82, 2.24) is 9.55 Å². The minimum Gasteiger partial charge on any atom is -0.364 e. The van der Waals surface area contributed by atoms with E-state index in [-0.39, 0.29) is 0 Å². The molecule has 1 amide bonds. The largest absolute Gasteiger partial charge is 0.364 e. The Morgan fingerprint density at radius 1 is 1.21 bits per heavy atom. The number of nitrogens with two attached hydrogens (primary N) is 1. The zero-order valence-corrected chi connectivity index (χ0v) is 16.5. The van der Waals surface area contributed by atoms with Crippen molar-refractivity contribution < 1.29 is 4.79 Å². The van der Waals surface area contributed by atoms with Crippen LogP contribution in [0.2, 0.25) is 0 Å². The molecular formula is C23H26N4O. The first-order valence-electron chi connectivity index (χ1n) is 10.1. The van der Waals surface area contributed by atoms with Crippen molar-refractivity contribution in [2.75, 3.05) is 11.4 Å². The Balaban J connectivity index is 1.70. The van der Waals surface area contributed by atoms with Crippen molar-refractivity contribution in [3.05, 3.63) is 58.4 Å². The average Bonchev–Trinajstić information content (AvgIpc) is 3.50. The first-order valence-corrected chi connectivity index (χ1v) is 10.1. The smallest absolute Gasteiger partial charge is 0.267 e. The Morgan fingerprint density at radius 3 is 2.68 bits per heavy atom. The number of anilines is 1. The van der Waals surface area contributed by atoms with E-state index < -0.39 is 5.91 Å². The van der Waals surface area contributed by atoms with E-state index in [0.29, 0.717) is 5.69 Å². The van der Waals surface area contributed by atoms with Gasteiger partial charge in [0, 0.05) is 30.7 Å². The maximum atomic E-state index is 12.0. The number of benzene rings is 1. The van der Waals surface area contributed by atoms with Crippen LogP contribution in [0, 0.1) is 19.8 Å². The zero-order valence-electron chi connectivity index (χ0n) is 16.5. The number of hydrogen-bond acceptors (Lipinski definition) is 3. The molecule has 1 aromatic carbocycles. The summed E-state index contributed by atoms with van der Waals surface area (Å²) in [5.74, 6) is 1.20. The SMILES string of the molecule is Cc1c(C)n(CC2CC2)c2c(N3CCc4ccccc4C3)nc(C(N)=O)cc12. The van der Waals surface area contributed by atoms with Gasteiger partial charge in [0.1, 0.15) is 5.69 Å². The Bertz CT molecular complexity index is 1090. The molecule has 2 N–H and O–H groups in total. The monoisotopic (exact) mass is 374 g/mol. The third-order valence-electron chi connectivity index (χ3n) is 6.42. The van der Waals surface area contributed by atoms with Gasteiger partial charge in [-0.15, -0.1) is 0 Å². The summed E-state index contributed by atoms with van der Waals surface area (Å²) in [5.41, 5.74) is 12.4. The van der Waals surface area contributed by atoms with Gasteiger partial charge in [-0.05, 0) is 61.8 Å². The minimum atomic E-state index is -0.465. The fraction of sp³-hybridized carbons (Fsp3) is 0.391. The topological polar surface area (TPSA) is 64.2 Å². The predicted octanol–water partition coefficient (Wildman–Crippen LogP) is 3.72. The molecule has 28 heavy (non-hydrogen) atoms. The summed E-state index contributed by atoms with van der Waals surface area (Å²) in [6.07, 6.45) is 3.59. The number of aromatic nitrogens is 2. The standard InChI is InChI=1S/C23H26N4O/c1-14-15(2)27(12-16-7-8-16)21-19(14)11-20(22(24)28)25-23(21)26-10-9-17-5-3-4-6-18(17)13-26/h3-6,11,16H,7-10,12-13H2,1-2H3,(H2,24,28). The highest BCUT2D eigenvalue weighted by Gasteiger charge is 2.28. The third kappa shape index (κ3) is 2.77. The lowest BCUT2D eigenvalue weighted by Crippen LogP contribution is -2.32. The average molecular weight is 374 g/mol. The number of hydrogen-bond donors (Lipinski definition) is 1. The van der Waals surface area contributed by atoms with Crippen LogP contribution in [0.15, 0.2) is 30.3 Å². The molecule has 5 heteroatoms. The van der Waals surface area contributed by atoms with Gasteiger partial charge in [-0.2, -0.15) is 0 Å². The van der Waals surface area contributed by atoms with Gasteiger partial charge in [0.2, 0.25) is 0 Å². The molecule has 0 bridgehead atoms. The minimum absolute atomic E-state index is 0.355. The highest BCUT2D eigenvalue weighted by Crippen LogP contribution is 2.38. The number of carbonyl (C=O) groups excluding carboxylic acids is 1. The molecule has 5 nitrogen and oxygen atoms in total. The van der Waals surface area contributed by atoms with Crippen molar-refractivity contribution >= 4 is 22.6 Å². The van der Waals surface area contributed by atoms with Crippen LogP contribution in [0.5, 0.6) is 0 Å². The van der Waals surface area contributed by atoms with Crippen LogP contribution in [0.25, 0.3) is 10.9 Å². The molecule has 1 aliphatic heterocycles. The van der Waals surface area contributed by atoms with E-state index in [1.807, 2.05) is 6.07 Å². The molecule has 3 heterocycles. The van der Waals surface area contributed by atoms with Crippen molar-refractivity contribution in [2.24, 2.45) is 11.7 Å². The normalized spacial score (nSPS) is 16.4. The molecule has 144 valence electrons. The zero-order chi connectivity index (χ0) is 19.4. The summed E-state index contributed by atoms with van der Waals surface area (Å²) in [4.78, 5) is 19.1. The number of carbonyl (C=O) groups is 1. The molecule has 0 radical (unpaired) electrons. The van der Waals surface area contributed by atoms with E-state index in [2.05, 4.69) is 47.6 Å². The van der Waals surface area contributed by atoms with Crippen LogP contribution in [-0.4, -0.2) is 22.0 Å². The van der Waals surface area contributed by atoms with Crippen molar-refractivity contribution in [3.63, 3.8) is 0 Å². The molecule has 2 aromatic heterocycles. The quantitative estimate of drug-likeness (QED) is 0.757. The van der Waals surface area contributed by atoms with Gasteiger partial charge in [0.05, 0.1) is 5.52 Å². The molecule has 1 saturated carbocycles. The number of nitrogens with zero attached hydrogens (tertiary/aromatic N) is 3. The Kier molecular flexibility index (Phi) is 3.93. The van der Waals surface area contributed by atoms with Crippen LogP contribution in [0.4, 0.5) is 5.82 Å². The summed E-state index contributed by atoms with van der Waals surface area (Å²) in [6.45, 7) is 7.06. The summed E-state index contributed by atoms with van der Waals surface area (Å²) < 4.78 is 2.43. The second kappa shape index (κ2) is 6.36. The fourth-order valence-corrected chi connectivity index (χ4v) is 4.45. The molecule has 0 atom stereocenters. The van der Waals surface area contributed by atoms with E-state index in [0.717, 1.165) is 48.7 Å². The summed E-state index contributed by atoms with van der Waals surface area (Å²) in [7, 11) is 0. The molecule has 2 aliphatic rings. The summed E-state index contributed by atoms with van der Waals surface area (Å²) in [5, 5.41) is 1.11. The van der Waals surface area contributed by atoms with Crippen molar-refractivity contribution in [3.8, 4) is 0 Å². The van der Waals surface area contributed by atoms with E-state index >= 15 is 0 Å². The lowest BCUT2D eigenvalue weighted by molar-refractivity contribution is 0.0996. The second-order valence-electron chi connectivity index (χ2n) is 8.30. The van der Waals surface area contributed by atoms with Crippen molar-refractivity contribution in [2.45, 2.75) is 46.2 Å². The van der Waals surface area contributed by atoms with Crippen LogP contribution in [0.3, 0.4) is 0 Å². The number of amides is 1. The number of aryl methyl sites for hydroxylation is 1. The molecule has 3 aromatic rings. The number of rotatable bonds is 4. The Labute approximate surface area is 165 Å². The molecule has 0 saturated heterocycles. The van der Waals surface area contributed by atoms with Gasteiger partial charge in [-0.3, -0.25) is 4.79 Å². The molecule has 0 unspecified atom stereocenters. The summed E-state index contributed by atoms with van der Waals surface area (Å²) in [6, 6.07) is 10.5. The third-order valence-corrected chi connectivity index (χ3v) is 6.42. The lowest BCUT2D eigenvalue weighted by Gasteiger charge is -2.31. The lowest BCUT2D eigenvalue weighted by atomic mass is 10.00. The molecule has 1 fully saturated rings. The predicted molar refractivity (Wildman–Crippen MR) is 112 cm³/mol. The number of primary amides is 1. The van der Waals surface area contributed by atoms with Gasteiger partial charge in [-0.25, -0.2) is 4.98 Å². The first-order chi connectivity index (χ1) is 13.5. The van der Waals surface area contributed by atoms with Crippen LogP contribution >= 0.6 is 0 Å². The molecule has 0 spiro atoms. The number of pyridine rings is 1. The fourth-order valence-electron chi connectivity index (χ4n) is 4.45. The van der Waals surface area contributed by atoms with Crippen LogP contribution < -0.4 is 10.6 Å². The van der Waals surface area contributed by atoms with Gasteiger partial charge >= 0.3 is 0 Å². The highest BCUT2D eigenvalue weighted by molar-refractivity contribution is 6.00. The maximum absolute atomic E-state index is 12.0. The molecule has 1 aliphatic carbocycles. The van der Waals surface area contributed by atoms with Crippen molar-refractivity contribution in [1.29, 1.82) is 0 Å². The van der Waals surface area contributed by atoms with Crippen LogP contribution in [-0.2, 0) is 19.5 Å². The highest BCUT2D eigenvalue weighted by atomic mass is 16.1. The van der Waals surface area contributed by atoms with Gasteiger partial charge in [0.25, 0.3) is 5.91 Å². The van der Waals surface area contributed by atoms with Gasteiger partial charge in [0.15, 0.2) is 5.82 Å². The van der Waals surface area contributed by atoms with Gasteiger partial charge < -0.3 is 15.2 Å². The van der Waals surface area contributed by atoms with E-state index in [4.69, 9.17) is 10.7 Å². The molecular weight excluding hydrogens is 348 g/mol. The van der Waals surface area contributed by atoms with E-state index in [1.165, 1.54) is 35.2 Å². The molecule has 5 rings (SSSR count). The second-order valence-corrected chi connectivity index (χ2v) is 8.30. The van der Waals surface area contributed by atoms with E-state index in [9.17, 15) is 4.79 Å². The maximum Gasteiger partial charge on any atom is 0.267 e. The van der Waals surface area contributed by atoms with E-state index in [1.54, 1.807) is 0 Å². The van der Waals surface area contributed by atoms with Crippen LogP contribution in [0.1, 0.15) is 45.7 Å². The summed E-state index contributed by atoms with van der Waals surface area (Å²) >= 11 is 0. The first kappa shape index (κ1) is 17.3.